The first-order valence-electron chi connectivity index (χ1n) is 7.39. The van der Waals surface area contributed by atoms with E-state index < -0.39 is 11.9 Å². The van der Waals surface area contributed by atoms with Crippen LogP contribution in [0.4, 0.5) is 0 Å². The highest BCUT2D eigenvalue weighted by molar-refractivity contribution is 5.86. The summed E-state index contributed by atoms with van der Waals surface area (Å²) >= 11 is 0. The third kappa shape index (κ3) is 6.55. The maximum absolute atomic E-state index is 11.9. The van der Waals surface area contributed by atoms with Crippen LogP contribution >= 0.6 is 0 Å². The van der Waals surface area contributed by atoms with E-state index in [0.717, 1.165) is 0 Å². The zero-order valence-electron chi connectivity index (χ0n) is 12.5. The number of carboxylic acids is 2. The number of nitrogens with zero attached hydrogens (tertiary/aromatic N) is 2. The van der Waals surface area contributed by atoms with E-state index in [9.17, 15) is 19.2 Å². The van der Waals surface area contributed by atoms with E-state index in [4.69, 9.17) is 10.2 Å². The minimum absolute atomic E-state index is 0.0187. The summed E-state index contributed by atoms with van der Waals surface area (Å²) in [6.07, 6.45) is 1.61. The van der Waals surface area contributed by atoms with Gasteiger partial charge in [-0.2, -0.15) is 0 Å². The number of carboxylic acid groups (broad SMARTS) is 2. The first-order valence-corrected chi connectivity index (χ1v) is 7.39. The number of hydrogen-bond acceptors (Lipinski definition) is 4. The molecule has 22 heavy (non-hydrogen) atoms. The quantitative estimate of drug-likeness (QED) is 0.586. The Labute approximate surface area is 128 Å². The summed E-state index contributed by atoms with van der Waals surface area (Å²) in [5, 5.41) is 17.1. The molecule has 124 valence electrons. The van der Waals surface area contributed by atoms with E-state index in [0.29, 0.717) is 32.5 Å². The second-order valence-electron chi connectivity index (χ2n) is 5.29. The highest BCUT2D eigenvalue weighted by atomic mass is 16.4. The molecule has 0 aliphatic carbocycles. The second-order valence-corrected chi connectivity index (χ2v) is 5.29. The number of piperazine rings is 1. The first-order chi connectivity index (χ1) is 10.4. The van der Waals surface area contributed by atoms with E-state index in [1.54, 1.807) is 4.90 Å². The van der Waals surface area contributed by atoms with Crippen LogP contribution < -0.4 is 0 Å². The fraction of sp³-hybridized carbons (Fsp3) is 0.714. The lowest BCUT2D eigenvalue weighted by atomic mass is 10.2. The highest BCUT2D eigenvalue weighted by Gasteiger charge is 2.26. The number of aliphatic carboxylic acids is 2. The normalized spacial score (nSPS) is 15.0. The van der Waals surface area contributed by atoms with E-state index in [-0.39, 0.29) is 44.0 Å². The molecule has 1 saturated heterocycles. The summed E-state index contributed by atoms with van der Waals surface area (Å²) in [5.74, 6) is -2.12. The molecule has 1 aliphatic rings. The van der Waals surface area contributed by atoms with Gasteiger partial charge in [-0.05, 0) is 19.3 Å². The number of carbonyl (C=O) groups is 4. The van der Waals surface area contributed by atoms with Gasteiger partial charge in [-0.15, -0.1) is 0 Å². The zero-order chi connectivity index (χ0) is 16.5. The Balaban J connectivity index is 2.26. The average Bonchev–Trinajstić information content (AvgIpc) is 2.44. The minimum atomic E-state index is -0.935. The SMILES string of the molecule is O=C(O)CCCCN1CCN(C(=O)CCCC(=O)O)CC1=O. The lowest BCUT2D eigenvalue weighted by Crippen LogP contribution is -2.52. The van der Waals surface area contributed by atoms with Gasteiger partial charge in [0.2, 0.25) is 11.8 Å². The van der Waals surface area contributed by atoms with Gasteiger partial charge in [0.15, 0.2) is 0 Å². The molecule has 0 saturated carbocycles. The zero-order valence-corrected chi connectivity index (χ0v) is 12.5. The van der Waals surface area contributed by atoms with Crippen LogP contribution in [-0.2, 0) is 19.2 Å². The maximum atomic E-state index is 11.9. The molecule has 1 fully saturated rings. The van der Waals surface area contributed by atoms with Crippen molar-refractivity contribution in [1.82, 2.24) is 9.80 Å². The van der Waals surface area contributed by atoms with Crippen molar-refractivity contribution in [1.29, 1.82) is 0 Å². The standard InChI is InChI=1S/C14H22N2O6/c17-11(4-3-6-14(21)22)16-9-8-15(12(18)10-16)7-2-1-5-13(19)20/h1-10H2,(H,19,20)(H,21,22). The Morgan fingerprint density at radius 2 is 1.55 bits per heavy atom. The molecular weight excluding hydrogens is 292 g/mol. The van der Waals surface area contributed by atoms with Crippen molar-refractivity contribution in [3.63, 3.8) is 0 Å². The van der Waals surface area contributed by atoms with Crippen LogP contribution in [0.3, 0.4) is 0 Å². The Morgan fingerprint density at radius 3 is 2.14 bits per heavy atom. The maximum Gasteiger partial charge on any atom is 0.303 e. The van der Waals surface area contributed by atoms with E-state index in [1.807, 2.05) is 0 Å². The van der Waals surface area contributed by atoms with Crippen LogP contribution in [-0.4, -0.2) is 69.9 Å². The van der Waals surface area contributed by atoms with Gasteiger partial charge in [0.25, 0.3) is 0 Å². The van der Waals surface area contributed by atoms with Crippen molar-refractivity contribution in [2.75, 3.05) is 26.2 Å². The summed E-state index contributed by atoms with van der Waals surface area (Å²) in [6.45, 7) is 1.41. The Hall–Kier alpha value is -2.12. The van der Waals surface area contributed by atoms with Crippen LogP contribution in [0.25, 0.3) is 0 Å². The summed E-state index contributed by atoms with van der Waals surface area (Å²) in [6, 6.07) is 0. The fourth-order valence-corrected chi connectivity index (χ4v) is 2.29. The lowest BCUT2D eigenvalue weighted by molar-refractivity contribution is -0.145. The molecular formula is C14H22N2O6. The van der Waals surface area contributed by atoms with Crippen molar-refractivity contribution in [3.8, 4) is 0 Å². The number of carbonyl (C=O) groups excluding carboxylic acids is 2. The molecule has 0 atom stereocenters. The van der Waals surface area contributed by atoms with Crippen LogP contribution in [0.1, 0.15) is 38.5 Å². The van der Waals surface area contributed by atoms with Gasteiger partial charge in [0.1, 0.15) is 0 Å². The number of unbranched alkanes of at least 4 members (excludes halogenated alkanes) is 1. The van der Waals surface area contributed by atoms with Gasteiger partial charge in [0.05, 0.1) is 6.54 Å². The summed E-state index contributed by atoms with van der Waals surface area (Å²) in [7, 11) is 0. The van der Waals surface area contributed by atoms with E-state index in [1.165, 1.54) is 4.90 Å². The van der Waals surface area contributed by atoms with Crippen molar-refractivity contribution in [3.05, 3.63) is 0 Å². The molecule has 0 bridgehead atoms. The molecule has 2 amide bonds. The Bertz CT molecular complexity index is 437. The molecule has 0 aromatic carbocycles. The number of rotatable bonds is 9. The van der Waals surface area contributed by atoms with Gasteiger partial charge < -0.3 is 20.0 Å². The first kappa shape index (κ1) is 17.9. The molecule has 0 spiro atoms. The topological polar surface area (TPSA) is 115 Å². The fourth-order valence-electron chi connectivity index (χ4n) is 2.29. The van der Waals surface area contributed by atoms with Crippen LogP contribution in [0.2, 0.25) is 0 Å². The number of amides is 2. The van der Waals surface area contributed by atoms with Gasteiger partial charge in [-0.25, -0.2) is 0 Å². The molecule has 1 heterocycles. The molecule has 0 unspecified atom stereocenters. The number of hydrogen-bond donors (Lipinski definition) is 2. The van der Waals surface area contributed by atoms with Crippen molar-refractivity contribution >= 4 is 23.8 Å². The van der Waals surface area contributed by atoms with Gasteiger partial charge in [-0.3, -0.25) is 19.2 Å². The predicted octanol–water partition coefficient (Wildman–Crippen LogP) is 0.167. The van der Waals surface area contributed by atoms with Crippen LogP contribution in [0, 0.1) is 0 Å². The van der Waals surface area contributed by atoms with Crippen LogP contribution in [0.15, 0.2) is 0 Å². The molecule has 8 nitrogen and oxygen atoms in total. The van der Waals surface area contributed by atoms with Crippen molar-refractivity contribution < 1.29 is 29.4 Å². The summed E-state index contributed by atoms with van der Waals surface area (Å²) < 4.78 is 0. The van der Waals surface area contributed by atoms with E-state index in [2.05, 4.69) is 0 Å². The molecule has 0 aromatic rings. The predicted molar refractivity (Wildman–Crippen MR) is 76.1 cm³/mol. The summed E-state index contributed by atoms with van der Waals surface area (Å²) in [5.41, 5.74) is 0. The van der Waals surface area contributed by atoms with Gasteiger partial charge >= 0.3 is 11.9 Å². The largest absolute Gasteiger partial charge is 0.481 e. The Morgan fingerprint density at radius 1 is 0.909 bits per heavy atom. The lowest BCUT2D eigenvalue weighted by Gasteiger charge is -2.34. The van der Waals surface area contributed by atoms with Crippen molar-refractivity contribution in [2.24, 2.45) is 0 Å². The van der Waals surface area contributed by atoms with E-state index >= 15 is 0 Å². The minimum Gasteiger partial charge on any atom is -0.481 e. The van der Waals surface area contributed by atoms with Crippen LogP contribution in [0.5, 0.6) is 0 Å². The van der Waals surface area contributed by atoms with Crippen molar-refractivity contribution in [2.45, 2.75) is 38.5 Å². The molecule has 0 radical (unpaired) electrons. The second kappa shape index (κ2) is 9.01. The van der Waals surface area contributed by atoms with Gasteiger partial charge in [0, 0.05) is 38.9 Å². The highest BCUT2D eigenvalue weighted by Crippen LogP contribution is 2.09. The molecule has 1 rings (SSSR count). The Kier molecular flexibility index (Phi) is 7.34. The average molecular weight is 314 g/mol. The monoisotopic (exact) mass is 314 g/mol. The smallest absolute Gasteiger partial charge is 0.303 e. The molecule has 8 heteroatoms. The molecule has 1 aliphatic heterocycles. The third-order valence-corrected chi connectivity index (χ3v) is 3.52. The molecule has 2 N–H and O–H groups in total. The summed E-state index contributed by atoms with van der Waals surface area (Å²) in [4.78, 5) is 47.7. The third-order valence-electron chi connectivity index (χ3n) is 3.52. The van der Waals surface area contributed by atoms with Gasteiger partial charge in [-0.1, -0.05) is 0 Å². The molecule has 0 aromatic heterocycles.